The fourth-order valence-corrected chi connectivity index (χ4v) is 7.29. The van der Waals surface area contributed by atoms with E-state index in [1.165, 1.54) is 6.92 Å². The van der Waals surface area contributed by atoms with E-state index in [4.69, 9.17) is 18.9 Å². The van der Waals surface area contributed by atoms with Gasteiger partial charge in [0, 0.05) is 24.3 Å². The molecule has 9 nitrogen and oxygen atoms in total. The molecular weight excluding hydrogens is 516 g/mol. The average Bonchev–Trinajstić information content (AvgIpc) is 3.66. The molecule has 4 rings (SSSR count). The van der Waals surface area contributed by atoms with Crippen molar-refractivity contribution < 1.29 is 43.2 Å². The van der Waals surface area contributed by atoms with Gasteiger partial charge in [-0.2, -0.15) is 0 Å². The van der Waals surface area contributed by atoms with E-state index in [2.05, 4.69) is 0 Å². The van der Waals surface area contributed by atoms with Crippen molar-refractivity contribution in [2.45, 2.75) is 111 Å². The molecule has 0 spiro atoms. The molecular formula is C31H44O9. The van der Waals surface area contributed by atoms with E-state index in [0.29, 0.717) is 17.6 Å². The number of Topliss-reactive ketones (excluding diaryl/α,β-unsaturated/α-hetero) is 1. The summed E-state index contributed by atoms with van der Waals surface area (Å²) in [6, 6.07) is 0. The van der Waals surface area contributed by atoms with Gasteiger partial charge >= 0.3 is 17.9 Å². The first kappa shape index (κ1) is 30.4. The Bertz CT molecular complexity index is 1170. The molecule has 0 radical (unpaired) electrons. The molecule has 9 heteroatoms. The van der Waals surface area contributed by atoms with Crippen LogP contribution in [0.5, 0.6) is 0 Å². The first-order chi connectivity index (χ1) is 18.5. The molecule has 0 amide bonds. The number of ketones is 1. The molecule has 3 fully saturated rings. The summed E-state index contributed by atoms with van der Waals surface area (Å²) >= 11 is 0. The van der Waals surface area contributed by atoms with E-state index in [1.54, 1.807) is 53.7 Å². The maximum Gasteiger partial charge on any atom is 0.333 e. The molecule has 1 N–H and O–H groups in total. The summed E-state index contributed by atoms with van der Waals surface area (Å²) in [5.41, 5.74) is -2.25. The lowest BCUT2D eigenvalue weighted by atomic mass is 9.80. The van der Waals surface area contributed by atoms with Crippen molar-refractivity contribution in [1.29, 1.82) is 0 Å². The van der Waals surface area contributed by atoms with Crippen molar-refractivity contribution in [3.63, 3.8) is 0 Å². The van der Waals surface area contributed by atoms with E-state index in [9.17, 15) is 24.3 Å². The third-order valence-corrected chi connectivity index (χ3v) is 9.72. The Labute approximate surface area is 236 Å². The summed E-state index contributed by atoms with van der Waals surface area (Å²) in [5, 5.41) is 11.7. The van der Waals surface area contributed by atoms with E-state index < -0.39 is 70.8 Å². The van der Waals surface area contributed by atoms with Crippen molar-refractivity contribution in [1.82, 2.24) is 0 Å². The number of allylic oxidation sites excluding steroid dienone is 1. The van der Waals surface area contributed by atoms with Gasteiger partial charge in [-0.15, -0.1) is 0 Å². The van der Waals surface area contributed by atoms with Crippen molar-refractivity contribution in [2.75, 3.05) is 0 Å². The number of epoxide rings is 1. The number of hydrogen-bond acceptors (Lipinski definition) is 9. The predicted octanol–water partition coefficient (Wildman–Crippen LogP) is 3.71. The highest BCUT2D eigenvalue weighted by atomic mass is 16.7. The van der Waals surface area contributed by atoms with Crippen molar-refractivity contribution in [3.8, 4) is 0 Å². The summed E-state index contributed by atoms with van der Waals surface area (Å²) in [4.78, 5) is 52.3. The van der Waals surface area contributed by atoms with Gasteiger partial charge in [-0.1, -0.05) is 47.6 Å². The van der Waals surface area contributed by atoms with Crippen LogP contribution in [-0.4, -0.2) is 64.4 Å². The minimum atomic E-state index is -1.29. The van der Waals surface area contributed by atoms with Crippen LogP contribution in [0.1, 0.15) is 75.7 Å². The van der Waals surface area contributed by atoms with Crippen molar-refractivity contribution in [3.05, 3.63) is 23.3 Å². The number of aliphatic hydroxyl groups is 1. The number of carbonyl (C=O) groups excluding carboxylic acids is 4. The molecule has 3 aliphatic carbocycles. The van der Waals surface area contributed by atoms with E-state index >= 15 is 0 Å². The van der Waals surface area contributed by atoms with Gasteiger partial charge in [-0.3, -0.25) is 14.4 Å². The van der Waals surface area contributed by atoms with Crippen LogP contribution in [0.15, 0.2) is 23.3 Å². The molecule has 222 valence electrons. The monoisotopic (exact) mass is 560 g/mol. The lowest BCUT2D eigenvalue weighted by Crippen LogP contribution is -2.43. The lowest BCUT2D eigenvalue weighted by Gasteiger charge is -2.28. The Balaban J connectivity index is 1.87. The third-order valence-electron chi connectivity index (χ3n) is 9.72. The zero-order valence-electron chi connectivity index (χ0n) is 25.3. The quantitative estimate of drug-likeness (QED) is 0.176. The minimum Gasteiger partial charge on any atom is -0.461 e. The largest absolute Gasteiger partial charge is 0.461 e. The Morgan fingerprint density at radius 3 is 2.23 bits per heavy atom. The standard InChI is InChI=1S/C31H44O9/c1-11-15(4)28(36)38-24-21-20(29(21,9)10)23(37-19(8)32)18(7)25(34)30-13-17(6)26(39-27(35)14(2)3)31(30,40-30)12-16(5)22(24)33/h11-12,14,17-18,20-24,26,33H,13H2,1-10H3/b15-11+,16-12+/t17-,18+,20-,21+,22+,23-,24-,26-,30-,31-/m0/s1. The van der Waals surface area contributed by atoms with E-state index in [1.807, 2.05) is 20.8 Å². The number of aliphatic hydroxyl groups excluding tert-OH is 1. The van der Waals surface area contributed by atoms with Gasteiger partial charge in [0.2, 0.25) is 0 Å². The SMILES string of the molecule is C/C=C(\C)C(=O)O[C@H]1[C@H]2[C@@H]([C@@H](OC(C)=O)[C@@H](C)C(=O)[C@@]34C[C@H](C)[C@H](OC(=O)C(C)C)[C@]3(/C=C(\C)[C@H]1O)O4)C2(C)C. The molecule has 40 heavy (non-hydrogen) atoms. The van der Waals surface area contributed by atoms with E-state index in [0.717, 1.165) is 0 Å². The maximum absolute atomic E-state index is 14.3. The maximum atomic E-state index is 14.3. The number of fused-ring (bicyclic) bond motifs is 1. The highest BCUT2D eigenvalue weighted by molar-refractivity contribution is 5.96. The van der Waals surface area contributed by atoms with Crippen LogP contribution in [0, 0.1) is 35.0 Å². The van der Waals surface area contributed by atoms with Gasteiger partial charge in [0.05, 0.1) is 11.8 Å². The summed E-state index contributed by atoms with van der Waals surface area (Å²) in [5.74, 6) is -3.83. The van der Waals surface area contributed by atoms with Crippen LogP contribution in [0.4, 0.5) is 0 Å². The second kappa shape index (κ2) is 10.1. The van der Waals surface area contributed by atoms with Gasteiger partial charge in [0.25, 0.3) is 0 Å². The summed E-state index contributed by atoms with van der Waals surface area (Å²) < 4.78 is 24.0. The number of hydrogen-bond donors (Lipinski definition) is 1. The van der Waals surface area contributed by atoms with Crippen molar-refractivity contribution in [2.24, 2.45) is 35.0 Å². The Hall–Kier alpha value is -2.52. The first-order valence-corrected chi connectivity index (χ1v) is 14.3. The summed E-state index contributed by atoms with van der Waals surface area (Å²) in [7, 11) is 0. The fourth-order valence-electron chi connectivity index (χ4n) is 7.29. The number of carbonyl (C=O) groups is 4. The topological polar surface area (TPSA) is 129 Å². The lowest BCUT2D eigenvalue weighted by molar-refractivity contribution is -0.158. The zero-order valence-corrected chi connectivity index (χ0v) is 25.3. The van der Waals surface area contributed by atoms with Crippen LogP contribution in [0.25, 0.3) is 0 Å². The molecule has 0 bridgehead atoms. The number of ether oxygens (including phenoxy) is 4. The molecule has 4 aliphatic rings. The van der Waals surface area contributed by atoms with Crippen LogP contribution in [0.2, 0.25) is 0 Å². The smallest absolute Gasteiger partial charge is 0.333 e. The van der Waals surface area contributed by atoms with Gasteiger partial charge in [0.1, 0.15) is 24.4 Å². The average molecular weight is 561 g/mol. The molecule has 0 aromatic rings. The normalized spacial score (nSPS) is 43.2. The minimum absolute atomic E-state index is 0.208. The molecule has 0 aromatic carbocycles. The first-order valence-electron chi connectivity index (χ1n) is 14.3. The van der Waals surface area contributed by atoms with Gasteiger partial charge in [-0.25, -0.2) is 4.79 Å². The van der Waals surface area contributed by atoms with Gasteiger partial charge in [-0.05, 0) is 50.2 Å². The highest BCUT2D eigenvalue weighted by Gasteiger charge is 2.84. The number of rotatable bonds is 5. The third kappa shape index (κ3) is 4.53. The Morgan fingerprint density at radius 2 is 1.68 bits per heavy atom. The summed E-state index contributed by atoms with van der Waals surface area (Å²) in [6.45, 7) is 17.4. The fraction of sp³-hybridized carbons (Fsp3) is 0.742. The highest BCUT2D eigenvalue weighted by Crippen LogP contribution is 2.68. The second-order valence-corrected chi connectivity index (χ2v) is 13.2. The van der Waals surface area contributed by atoms with Gasteiger partial charge in [0.15, 0.2) is 17.0 Å². The van der Waals surface area contributed by atoms with Crippen LogP contribution < -0.4 is 0 Å². The molecule has 0 aromatic heterocycles. The molecule has 10 atom stereocenters. The van der Waals surface area contributed by atoms with Crippen molar-refractivity contribution >= 4 is 23.7 Å². The predicted molar refractivity (Wildman–Crippen MR) is 145 cm³/mol. The van der Waals surface area contributed by atoms with Crippen LogP contribution >= 0.6 is 0 Å². The van der Waals surface area contributed by atoms with Gasteiger partial charge < -0.3 is 24.1 Å². The van der Waals surface area contributed by atoms with Crippen LogP contribution in [0.3, 0.4) is 0 Å². The Kier molecular flexibility index (Phi) is 7.67. The Morgan fingerprint density at radius 1 is 1.07 bits per heavy atom. The molecule has 1 saturated heterocycles. The molecule has 0 unspecified atom stereocenters. The van der Waals surface area contributed by atoms with E-state index in [-0.39, 0.29) is 23.5 Å². The second-order valence-electron chi connectivity index (χ2n) is 13.2. The number of esters is 3. The summed E-state index contributed by atoms with van der Waals surface area (Å²) in [6.07, 6.45) is -0.150. The molecule has 1 heterocycles. The molecule has 2 saturated carbocycles. The molecule has 1 aliphatic heterocycles. The zero-order chi connectivity index (χ0) is 30.1. The van der Waals surface area contributed by atoms with Crippen LogP contribution in [-0.2, 0) is 38.1 Å².